The molecule has 1 saturated heterocycles. The molecule has 0 saturated carbocycles. The summed E-state index contributed by atoms with van der Waals surface area (Å²) in [5.74, 6) is 0. The maximum absolute atomic E-state index is 9.39. The van der Waals surface area contributed by atoms with Gasteiger partial charge >= 0.3 is 0 Å². The molecule has 0 amide bonds. The highest BCUT2D eigenvalue weighted by Gasteiger charge is 2.30. The zero-order chi connectivity index (χ0) is 13.5. The lowest BCUT2D eigenvalue weighted by Crippen LogP contribution is -2.23. The minimum atomic E-state index is -0.00489. The van der Waals surface area contributed by atoms with Crippen molar-refractivity contribution < 1.29 is 5.11 Å². The number of anilines is 1. The maximum atomic E-state index is 9.39. The molecular weight excluding hydrogens is 236 g/mol. The number of fused-ring (bicyclic) bond motifs is 1. The van der Waals surface area contributed by atoms with E-state index in [9.17, 15) is 5.11 Å². The topological polar surface area (TPSA) is 36.4 Å². The first-order chi connectivity index (χ1) is 9.09. The molecule has 1 aromatic heterocycles. The molecule has 3 heteroatoms. The minimum absolute atomic E-state index is 0.00489. The summed E-state index contributed by atoms with van der Waals surface area (Å²) >= 11 is 0. The molecule has 0 unspecified atom stereocenters. The van der Waals surface area contributed by atoms with Gasteiger partial charge in [0.05, 0.1) is 17.8 Å². The molecule has 3 rings (SSSR count). The van der Waals surface area contributed by atoms with Gasteiger partial charge in [-0.2, -0.15) is 0 Å². The van der Waals surface area contributed by atoms with Crippen molar-refractivity contribution in [2.45, 2.75) is 26.9 Å². The number of aromatic nitrogens is 1. The second-order valence-electron chi connectivity index (χ2n) is 6.14. The number of rotatable bonds is 2. The van der Waals surface area contributed by atoms with Gasteiger partial charge in [-0.05, 0) is 24.0 Å². The van der Waals surface area contributed by atoms with Crippen molar-refractivity contribution in [1.29, 1.82) is 0 Å². The first-order valence-electron chi connectivity index (χ1n) is 6.83. The first kappa shape index (κ1) is 12.4. The zero-order valence-corrected chi connectivity index (χ0v) is 11.6. The fourth-order valence-corrected chi connectivity index (χ4v) is 2.87. The number of aliphatic hydroxyl groups excluding tert-OH is 1. The van der Waals surface area contributed by atoms with E-state index in [0.29, 0.717) is 5.41 Å². The van der Waals surface area contributed by atoms with Crippen LogP contribution in [0.5, 0.6) is 0 Å². The van der Waals surface area contributed by atoms with Crippen molar-refractivity contribution in [2.75, 3.05) is 18.0 Å². The number of pyridine rings is 1. The Balaban J connectivity index is 2.11. The van der Waals surface area contributed by atoms with Crippen LogP contribution >= 0.6 is 0 Å². The van der Waals surface area contributed by atoms with Crippen LogP contribution in [0.2, 0.25) is 0 Å². The molecule has 19 heavy (non-hydrogen) atoms. The Morgan fingerprint density at radius 3 is 2.79 bits per heavy atom. The van der Waals surface area contributed by atoms with Crippen LogP contribution in [-0.4, -0.2) is 23.2 Å². The molecule has 3 nitrogen and oxygen atoms in total. The Bertz CT molecular complexity index is 607. The van der Waals surface area contributed by atoms with Crippen molar-refractivity contribution >= 4 is 16.6 Å². The standard InChI is InChI=1S/C16H20N2O/c1-16(2)7-8-18(11-16)15-9-12(10-19)17-14-6-4-3-5-13(14)15/h3-6,9,19H,7-8,10-11H2,1-2H3. The van der Waals surface area contributed by atoms with Gasteiger partial charge in [-0.25, -0.2) is 0 Å². The largest absolute Gasteiger partial charge is 0.390 e. The average Bonchev–Trinajstić information content (AvgIpc) is 2.77. The Labute approximate surface area is 113 Å². The van der Waals surface area contributed by atoms with Crippen molar-refractivity contribution in [3.8, 4) is 0 Å². The third-order valence-corrected chi connectivity index (χ3v) is 3.93. The highest BCUT2D eigenvalue weighted by atomic mass is 16.3. The number of hydrogen-bond acceptors (Lipinski definition) is 3. The molecule has 0 spiro atoms. The molecule has 2 heterocycles. The van der Waals surface area contributed by atoms with Crippen molar-refractivity contribution in [3.05, 3.63) is 36.0 Å². The van der Waals surface area contributed by atoms with Gasteiger partial charge in [0.15, 0.2) is 0 Å². The second-order valence-corrected chi connectivity index (χ2v) is 6.14. The van der Waals surface area contributed by atoms with Crippen LogP contribution in [0.25, 0.3) is 10.9 Å². The molecule has 1 fully saturated rings. The Morgan fingerprint density at radius 1 is 1.32 bits per heavy atom. The van der Waals surface area contributed by atoms with Crippen LogP contribution in [0.1, 0.15) is 26.0 Å². The minimum Gasteiger partial charge on any atom is -0.390 e. The van der Waals surface area contributed by atoms with Crippen LogP contribution in [0.15, 0.2) is 30.3 Å². The van der Waals surface area contributed by atoms with Crippen LogP contribution in [0.3, 0.4) is 0 Å². The Morgan fingerprint density at radius 2 is 2.11 bits per heavy atom. The second kappa shape index (κ2) is 4.49. The Kier molecular flexibility index (Phi) is 2.94. The summed E-state index contributed by atoms with van der Waals surface area (Å²) in [4.78, 5) is 6.91. The van der Waals surface area contributed by atoms with Crippen LogP contribution in [0.4, 0.5) is 5.69 Å². The van der Waals surface area contributed by atoms with Gasteiger partial charge in [-0.1, -0.05) is 32.0 Å². The summed E-state index contributed by atoms with van der Waals surface area (Å²) in [6.07, 6.45) is 1.21. The highest BCUT2D eigenvalue weighted by molar-refractivity contribution is 5.92. The molecule has 1 aliphatic rings. The molecular formula is C16H20N2O. The normalized spacial score (nSPS) is 18.2. The lowest BCUT2D eigenvalue weighted by molar-refractivity contribution is 0.277. The van der Waals surface area contributed by atoms with Gasteiger partial charge in [0.25, 0.3) is 0 Å². The van der Waals surface area contributed by atoms with E-state index in [4.69, 9.17) is 0 Å². The first-order valence-corrected chi connectivity index (χ1v) is 6.83. The summed E-state index contributed by atoms with van der Waals surface area (Å²) in [5.41, 5.74) is 3.29. The third kappa shape index (κ3) is 2.30. The quantitative estimate of drug-likeness (QED) is 0.897. The van der Waals surface area contributed by atoms with E-state index in [-0.39, 0.29) is 6.61 Å². The zero-order valence-electron chi connectivity index (χ0n) is 11.6. The van der Waals surface area contributed by atoms with Crippen molar-refractivity contribution in [3.63, 3.8) is 0 Å². The van der Waals surface area contributed by atoms with E-state index in [1.54, 1.807) is 0 Å². The van der Waals surface area contributed by atoms with Gasteiger partial charge in [0.2, 0.25) is 0 Å². The summed E-state index contributed by atoms with van der Waals surface area (Å²) in [6.45, 7) is 6.75. The van der Waals surface area contributed by atoms with Gasteiger partial charge in [-0.15, -0.1) is 0 Å². The SMILES string of the molecule is CC1(C)CCN(c2cc(CO)nc3ccccc23)C1. The van der Waals surface area contributed by atoms with Gasteiger partial charge in [-0.3, -0.25) is 4.98 Å². The summed E-state index contributed by atoms with van der Waals surface area (Å²) in [7, 11) is 0. The number of hydrogen-bond donors (Lipinski definition) is 1. The highest BCUT2D eigenvalue weighted by Crippen LogP contribution is 2.35. The predicted molar refractivity (Wildman–Crippen MR) is 78.3 cm³/mol. The number of aliphatic hydroxyl groups is 1. The van der Waals surface area contributed by atoms with E-state index in [1.165, 1.54) is 17.5 Å². The molecule has 1 aliphatic heterocycles. The average molecular weight is 256 g/mol. The van der Waals surface area contributed by atoms with E-state index in [0.717, 1.165) is 24.3 Å². The van der Waals surface area contributed by atoms with Crippen LogP contribution in [-0.2, 0) is 6.61 Å². The van der Waals surface area contributed by atoms with E-state index in [1.807, 2.05) is 24.3 Å². The van der Waals surface area contributed by atoms with Gasteiger partial charge < -0.3 is 10.0 Å². The van der Waals surface area contributed by atoms with Crippen molar-refractivity contribution in [2.24, 2.45) is 5.41 Å². The smallest absolute Gasteiger partial charge is 0.0854 e. The summed E-state index contributed by atoms with van der Waals surface area (Å²) in [5, 5.41) is 10.6. The monoisotopic (exact) mass is 256 g/mol. The fourth-order valence-electron chi connectivity index (χ4n) is 2.87. The van der Waals surface area contributed by atoms with E-state index >= 15 is 0 Å². The number of para-hydroxylation sites is 1. The molecule has 100 valence electrons. The lowest BCUT2D eigenvalue weighted by atomic mass is 9.93. The molecule has 0 radical (unpaired) electrons. The van der Waals surface area contributed by atoms with Crippen LogP contribution < -0.4 is 4.90 Å². The fraction of sp³-hybridized carbons (Fsp3) is 0.438. The Hall–Kier alpha value is -1.61. The third-order valence-electron chi connectivity index (χ3n) is 3.93. The van der Waals surface area contributed by atoms with E-state index < -0.39 is 0 Å². The maximum Gasteiger partial charge on any atom is 0.0854 e. The lowest BCUT2D eigenvalue weighted by Gasteiger charge is -2.23. The molecule has 2 aromatic rings. The van der Waals surface area contributed by atoms with Gasteiger partial charge in [0, 0.05) is 24.2 Å². The molecule has 1 aromatic carbocycles. The van der Waals surface area contributed by atoms with Gasteiger partial charge in [0.1, 0.15) is 0 Å². The summed E-state index contributed by atoms with van der Waals surface area (Å²) in [6, 6.07) is 10.2. The van der Waals surface area contributed by atoms with Crippen LogP contribution in [0, 0.1) is 5.41 Å². The predicted octanol–water partition coefficient (Wildman–Crippen LogP) is 2.96. The molecule has 0 atom stereocenters. The van der Waals surface area contributed by atoms with Crippen molar-refractivity contribution in [1.82, 2.24) is 4.98 Å². The number of nitrogens with zero attached hydrogens (tertiary/aromatic N) is 2. The molecule has 1 N–H and O–H groups in total. The number of benzene rings is 1. The molecule has 0 bridgehead atoms. The molecule has 0 aliphatic carbocycles. The van der Waals surface area contributed by atoms with E-state index in [2.05, 4.69) is 29.8 Å². The summed E-state index contributed by atoms with van der Waals surface area (Å²) < 4.78 is 0.